The summed E-state index contributed by atoms with van der Waals surface area (Å²) in [5.41, 5.74) is 0.291. The van der Waals surface area contributed by atoms with Crippen LogP contribution in [0.4, 0.5) is 0 Å². The fourth-order valence-corrected chi connectivity index (χ4v) is 2.91. The Morgan fingerprint density at radius 1 is 1.26 bits per heavy atom. The van der Waals surface area contributed by atoms with Crippen LogP contribution in [0.2, 0.25) is 0 Å². The van der Waals surface area contributed by atoms with Gasteiger partial charge in [-0.25, -0.2) is 0 Å². The van der Waals surface area contributed by atoms with Crippen molar-refractivity contribution in [2.24, 2.45) is 0 Å². The van der Waals surface area contributed by atoms with E-state index in [2.05, 4.69) is 4.98 Å². The summed E-state index contributed by atoms with van der Waals surface area (Å²) in [6.07, 6.45) is 8.47. The Kier molecular flexibility index (Phi) is 5.08. The number of carbonyl (C=O) groups is 1. The van der Waals surface area contributed by atoms with Gasteiger partial charge in [0.25, 0.3) is 0 Å². The van der Waals surface area contributed by atoms with Crippen molar-refractivity contribution in [3.8, 4) is 0 Å². The molecule has 0 N–H and O–H groups in total. The van der Waals surface area contributed by atoms with Crippen LogP contribution in [0.25, 0.3) is 0 Å². The quantitative estimate of drug-likeness (QED) is 0.763. The number of rotatable bonds is 5. The summed E-state index contributed by atoms with van der Waals surface area (Å²) in [5, 5.41) is 0. The second-order valence-electron chi connectivity index (χ2n) is 5.26. The fourth-order valence-electron chi connectivity index (χ4n) is 2.91. The smallest absolute Gasteiger partial charge is 0.170 e. The Bertz CT molecular complexity index is 394. The summed E-state index contributed by atoms with van der Waals surface area (Å²) in [5.74, 6) is 0.204. The molecule has 0 unspecified atom stereocenters. The number of ketones is 1. The largest absolute Gasteiger partial charge is 0.367 e. The lowest BCUT2D eigenvalue weighted by molar-refractivity contribution is -0.145. The number of hydrogen-bond acceptors (Lipinski definition) is 3. The summed E-state index contributed by atoms with van der Waals surface area (Å²) in [7, 11) is 0. The molecule has 0 bridgehead atoms. The van der Waals surface area contributed by atoms with Crippen molar-refractivity contribution in [2.45, 2.75) is 57.5 Å². The molecule has 1 aliphatic rings. The predicted octanol–water partition coefficient (Wildman–Crippen LogP) is 3.32. The molecule has 0 amide bonds. The molecule has 3 nitrogen and oxygen atoms in total. The minimum atomic E-state index is -0.553. The maximum atomic E-state index is 12.7. The molecular weight excluding hydrogens is 238 g/mol. The van der Waals surface area contributed by atoms with E-state index in [-0.39, 0.29) is 5.78 Å². The van der Waals surface area contributed by atoms with Gasteiger partial charge in [0, 0.05) is 18.5 Å². The Morgan fingerprint density at radius 2 is 2.00 bits per heavy atom. The zero-order chi connectivity index (χ0) is 13.6. The van der Waals surface area contributed by atoms with E-state index in [1.54, 1.807) is 6.20 Å². The fraction of sp³-hybridized carbons (Fsp3) is 0.625. The molecule has 104 valence electrons. The van der Waals surface area contributed by atoms with Crippen molar-refractivity contribution in [2.75, 3.05) is 6.61 Å². The van der Waals surface area contributed by atoms with E-state index in [0.717, 1.165) is 31.4 Å². The van der Waals surface area contributed by atoms with Crippen LogP contribution in [0.1, 0.15) is 51.1 Å². The lowest BCUT2D eigenvalue weighted by atomic mass is 9.87. The maximum Gasteiger partial charge on any atom is 0.170 e. The summed E-state index contributed by atoms with van der Waals surface area (Å²) < 4.78 is 5.91. The molecular formula is C16H23NO2. The molecule has 1 aromatic rings. The molecule has 0 aromatic carbocycles. The number of aromatic nitrogens is 1. The summed E-state index contributed by atoms with van der Waals surface area (Å²) in [4.78, 5) is 16.9. The van der Waals surface area contributed by atoms with Crippen molar-refractivity contribution in [3.63, 3.8) is 0 Å². The van der Waals surface area contributed by atoms with Gasteiger partial charge in [0.15, 0.2) is 5.78 Å². The Morgan fingerprint density at radius 3 is 2.58 bits per heavy atom. The molecule has 1 aromatic heterocycles. The molecule has 2 rings (SSSR count). The van der Waals surface area contributed by atoms with E-state index in [1.807, 2.05) is 25.1 Å². The number of hydrogen-bond donors (Lipinski definition) is 0. The van der Waals surface area contributed by atoms with Gasteiger partial charge in [0.1, 0.15) is 5.60 Å². The van der Waals surface area contributed by atoms with Gasteiger partial charge in [-0.2, -0.15) is 0 Å². The predicted molar refractivity (Wildman–Crippen MR) is 75.0 cm³/mol. The van der Waals surface area contributed by atoms with E-state index in [4.69, 9.17) is 4.74 Å². The zero-order valence-electron chi connectivity index (χ0n) is 11.7. The molecule has 0 spiro atoms. The Balaban J connectivity index is 2.11. The second-order valence-corrected chi connectivity index (χ2v) is 5.26. The van der Waals surface area contributed by atoms with Crippen LogP contribution in [-0.2, 0) is 16.0 Å². The average Bonchev–Trinajstić information content (AvgIpc) is 2.67. The number of Topliss-reactive ketones (excluding diaryl/α,β-unsaturated/α-hetero) is 1. The van der Waals surface area contributed by atoms with Crippen LogP contribution in [0.15, 0.2) is 24.4 Å². The van der Waals surface area contributed by atoms with Gasteiger partial charge >= 0.3 is 0 Å². The number of carbonyl (C=O) groups excluding carboxylic acids is 1. The number of ether oxygens (including phenoxy) is 1. The van der Waals surface area contributed by atoms with Crippen molar-refractivity contribution in [1.29, 1.82) is 0 Å². The van der Waals surface area contributed by atoms with Crippen LogP contribution in [-0.4, -0.2) is 23.0 Å². The summed E-state index contributed by atoms with van der Waals surface area (Å²) in [6.45, 7) is 2.58. The number of pyridine rings is 1. The lowest BCUT2D eigenvalue weighted by Crippen LogP contribution is -2.42. The van der Waals surface area contributed by atoms with E-state index in [9.17, 15) is 4.79 Å². The zero-order valence-corrected chi connectivity index (χ0v) is 11.7. The van der Waals surface area contributed by atoms with Crippen LogP contribution in [0, 0.1) is 0 Å². The van der Waals surface area contributed by atoms with Crippen LogP contribution in [0.3, 0.4) is 0 Å². The lowest BCUT2D eigenvalue weighted by Gasteiger charge is -2.31. The molecule has 0 atom stereocenters. The second kappa shape index (κ2) is 6.80. The minimum absolute atomic E-state index is 0.204. The van der Waals surface area contributed by atoms with Gasteiger partial charge in [-0.15, -0.1) is 0 Å². The van der Waals surface area contributed by atoms with Gasteiger partial charge in [-0.05, 0) is 31.9 Å². The highest BCUT2D eigenvalue weighted by atomic mass is 16.5. The standard InChI is InChI=1S/C16H23NO2/c1-2-19-16(10-6-3-4-7-11-16)15(18)13-14-9-5-8-12-17-14/h5,8-9,12H,2-4,6-7,10-11,13H2,1H3. The average molecular weight is 261 g/mol. The molecule has 1 saturated carbocycles. The van der Waals surface area contributed by atoms with Gasteiger partial charge in [-0.1, -0.05) is 31.7 Å². The first-order valence-electron chi connectivity index (χ1n) is 7.34. The van der Waals surface area contributed by atoms with Crippen molar-refractivity contribution in [3.05, 3.63) is 30.1 Å². The molecule has 0 saturated heterocycles. The van der Waals surface area contributed by atoms with E-state index >= 15 is 0 Å². The van der Waals surface area contributed by atoms with E-state index in [1.165, 1.54) is 12.8 Å². The molecule has 1 heterocycles. The van der Waals surface area contributed by atoms with Crippen LogP contribution < -0.4 is 0 Å². The molecule has 1 aliphatic carbocycles. The molecule has 0 radical (unpaired) electrons. The van der Waals surface area contributed by atoms with Crippen molar-refractivity contribution >= 4 is 5.78 Å². The van der Waals surface area contributed by atoms with Gasteiger partial charge in [-0.3, -0.25) is 9.78 Å². The maximum absolute atomic E-state index is 12.7. The van der Waals surface area contributed by atoms with Gasteiger partial charge in [0.2, 0.25) is 0 Å². The first-order valence-corrected chi connectivity index (χ1v) is 7.34. The summed E-state index contributed by atoms with van der Waals surface area (Å²) >= 11 is 0. The van der Waals surface area contributed by atoms with Crippen LogP contribution >= 0.6 is 0 Å². The Labute approximate surface area is 115 Å². The topological polar surface area (TPSA) is 39.2 Å². The minimum Gasteiger partial charge on any atom is -0.367 e. The molecule has 0 aliphatic heterocycles. The van der Waals surface area contributed by atoms with Gasteiger partial charge < -0.3 is 4.74 Å². The third-order valence-electron chi connectivity index (χ3n) is 3.91. The monoisotopic (exact) mass is 261 g/mol. The molecule has 3 heteroatoms. The normalized spacial score (nSPS) is 18.8. The Hall–Kier alpha value is -1.22. The van der Waals surface area contributed by atoms with Crippen LogP contribution in [0.5, 0.6) is 0 Å². The highest BCUT2D eigenvalue weighted by Gasteiger charge is 2.38. The van der Waals surface area contributed by atoms with Gasteiger partial charge in [0.05, 0.1) is 6.42 Å². The third kappa shape index (κ3) is 3.63. The van der Waals surface area contributed by atoms with Crippen molar-refractivity contribution < 1.29 is 9.53 Å². The van der Waals surface area contributed by atoms with Crippen molar-refractivity contribution in [1.82, 2.24) is 4.98 Å². The SMILES string of the molecule is CCOC1(C(=O)Cc2ccccn2)CCCCCC1. The number of nitrogens with zero attached hydrogens (tertiary/aromatic N) is 1. The van der Waals surface area contributed by atoms with E-state index < -0.39 is 5.60 Å². The molecule has 19 heavy (non-hydrogen) atoms. The summed E-state index contributed by atoms with van der Waals surface area (Å²) in [6, 6.07) is 5.71. The van der Waals surface area contributed by atoms with E-state index in [0.29, 0.717) is 13.0 Å². The highest BCUT2D eigenvalue weighted by molar-refractivity contribution is 5.89. The first-order chi connectivity index (χ1) is 9.27. The third-order valence-corrected chi connectivity index (χ3v) is 3.91. The molecule has 1 fully saturated rings. The first kappa shape index (κ1) is 14.2. The highest BCUT2D eigenvalue weighted by Crippen LogP contribution is 2.32.